The Labute approximate surface area is 120 Å². The quantitative estimate of drug-likeness (QED) is 0.886. The molecule has 2 aromatic rings. The Balaban J connectivity index is 2.37. The van der Waals surface area contributed by atoms with Gasteiger partial charge in [-0.1, -0.05) is 23.2 Å². The van der Waals surface area contributed by atoms with Gasteiger partial charge >= 0.3 is 0 Å². The molecule has 92 valence electrons. The van der Waals surface area contributed by atoms with Crippen LogP contribution < -0.4 is 5.32 Å². The first-order chi connectivity index (χ1) is 9.13. The summed E-state index contributed by atoms with van der Waals surface area (Å²) in [4.78, 5) is 0. The number of nitrogens with one attached hydrogen (secondary N) is 1. The van der Waals surface area contributed by atoms with Crippen molar-refractivity contribution in [2.75, 3.05) is 5.32 Å². The molecule has 0 radical (unpaired) electrons. The molecule has 0 spiro atoms. The lowest BCUT2D eigenvalue weighted by Gasteiger charge is -2.09. The highest BCUT2D eigenvalue weighted by Gasteiger charge is 2.05. The van der Waals surface area contributed by atoms with Crippen molar-refractivity contribution in [1.29, 1.82) is 10.5 Å². The lowest BCUT2D eigenvalue weighted by atomic mass is 10.1. The summed E-state index contributed by atoms with van der Waals surface area (Å²) in [6.07, 6.45) is 0. The van der Waals surface area contributed by atoms with E-state index in [4.69, 9.17) is 33.7 Å². The van der Waals surface area contributed by atoms with Crippen LogP contribution in [0.25, 0.3) is 0 Å². The Morgan fingerprint density at radius 2 is 1.58 bits per heavy atom. The smallest absolute Gasteiger partial charge is 0.101 e. The standard InChI is InChI=1S/C14H7Cl2N3/c15-11-3-1-10(8-18)14(5-11)19-12-4-2-9(7-17)13(16)6-12/h1-6,19H. The first kappa shape index (κ1) is 13.2. The number of benzene rings is 2. The van der Waals surface area contributed by atoms with E-state index in [0.717, 1.165) is 0 Å². The molecule has 0 aromatic heterocycles. The Morgan fingerprint density at radius 1 is 0.895 bits per heavy atom. The maximum Gasteiger partial charge on any atom is 0.101 e. The largest absolute Gasteiger partial charge is 0.354 e. The lowest BCUT2D eigenvalue weighted by molar-refractivity contribution is 1.45. The summed E-state index contributed by atoms with van der Waals surface area (Å²) in [5.74, 6) is 0. The van der Waals surface area contributed by atoms with E-state index in [1.54, 1.807) is 36.4 Å². The van der Waals surface area contributed by atoms with Gasteiger partial charge < -0.3 is 5.32 Å². The first-order valence-electron chi connectivity index (χ1n) is 5.30. The van der Waals surface area contributed by atoms with E-state index in [2.05, 4.69) is 11.4 Å². The molecule has 0 saturated carbocycles. The van der Waals surface area contributed by atoms with Gasteiger partial charge in [0.05, 0.1) is 21.8 Å². The predicted molar refractivity (Wildman–Crippen MR) is 75.6 cm³/mol. The molecule has 2 rings (SSSR count). The molecular formula is C14H7Cl2N3. The second-order valence-corrected chi connectivity index (χ2v) is 4.58. The summed E-state index contributed by atoms with van der Waals surface area (Å²) in [6, 6.07) is 14.0. The molecule has 0 bridgehead atoms. The van der Waals surface area contributed by atoms with Gasteiger partial charge in [-0.05, 0) is 36.4 Å². The third kappa shape index (κ3) is 2.98. The number of nitrogens with zero attached hydrogens (tertiary/aromatic N) is 2. The minimum Gasteiger partial charge on any atom is -0.354 e. The second-order valence-electron chi connectivity index (χ2n) is 3.73. The Bertz CT molecular complexity index is 712. The zero-order valence-electron chi connectivity index (χ0n) is 9.61. The highest BCUT2D eigenvalue weighted by Crippen LogP contribution is 2.27. The number of nitriles is 2. The van der Waals surface area contributed by atoms with Crippen LogP contribution in [0.4, 0.5) is 11.4 Å². The van der Waals surface area contributed by atoms with Gasteiger partial charge in [-0.3, -0.25) is 0 Å². The van der Waals surface area contributed by atoms with Crippen LogP contribution in [-0.4, -0.2) is 0 Å². The zero-order valence-corrected chi connectivity index (χ0v) is 11.1. The molecule has 0 aliphatic heterocycles. The van der Waals surface area contributed by atoms with E-state index in [-0.39, 0.29) is 0 Å². The van der Waals surface area contributed by atoms with Gasteiger partial charge in [0.1, 0.15) is 12.1 Å². The van der Waals surface area contributed by atoms with Gasteiger partial charge in [0, 0.05) is 10.7 Å². The van der Waals surface area contributed by atoms with Crippen molar-refractivity contribution in [2.45, 2.75) is 0 Å². The summed E-state index contributed by atoms with van der Waals surface area (Å²) >= 11 is 11.8. The van der Waals surface area contributed by atoms with Gasteiger partial charge in [-0.25, -0.2) is 0 Å². The van der Waals surface area contributed by atoms with Gasteiger partial charge in [0.25, 0.3) is 0 Å². The van der Waals surface area contributed by atoms with Crippen LogP contribution in [0.2, 0.25) is 10.0 Å². The number of anilines is 2. The molecule has 5 heteroatoms. The monoisotopic (exact) mass is 287 g/mol. The summed E-state index contributed by atoms with van der Waals surface area (Å²) in [5.41, 5.74) is 2.15. The van der Waals surface area contributed by atoms with E-state index in [0.29, 0.717) is 32.5 Å². The molecule has 19 heavy (non-hydrogen) atoms. The van der Waals surface area contributed by atoms with E-state index in [1.807, 2.05) is 6.07 Å². The SMILES string of the molecule is N#Cc1ccc(Nc2cc(Cl)ccc2C#N)cc1Cl. The maximum atomic E-state index is 9.02. The number of halogens is 2. The van der Waals surface area contributed by atoms with Crippen molar-refractivity contribution in [1.82, 2.24) is 0 Å². The van der Waals surface area contributed by atoms with Gasteiger partial charge in [-0.2, -0.15) is 10.5 Å². The fourth-order valence-electron chi connectivity index (χ4n) is 1.56. The third-order valence-electron chi connectivity index (χ3n) is 2.47. The van der Waals surface area contributed by atoms with E-state index < -0.39 is 0 Å². The van der Waals surface area contributed by atoms with Crippen LogP contribution in [-0.2, 0) is 0 Å². The van der Waals surface area contributed by atoms with Crippen LogP contribution in [0.5, 0.6) is 0 Å². The van der Waals surface area contributed by atoms with Gasteiger partial charge in [0.2, 0.25) is 0 Å². The summed E-state index contributed by atoms with van der Waals surface area (Å²) < 4.78 is 0. The summed E-state index contributed by atoms with van der Waals surface area (Å²) in [7, 11) is 0. The highest BCUT2D eigenvalue weighted by atomic mass is 35.5. The van der Waals surface area contributed by atoms with Crippen molar-refractivity contribution in [2.24, 2.45) is 0 Å². The van der Waals surface area contributed by atoms with Gasteiger partial charge in [-0.15, -0.1) is 0 Å². The van der Waals surface area contributed by atoms with Crippen LogP contribution >= 0.6 is 23.2 Å². The van der Waals surface area contributed by atoms with E-state index >= 15 is 0 Å². The van der Waals surface area contributed by atoms with Crippen LogP contribution in [0.1, 0.15) is 11.1 Å². The Morgan fingerprint density at radius 3 is 2.21 bits per heavy atom. The highest BCUT2D eigenvalue weighted by molar-refractivity contribution is 6.32. The maximum absolute atomic E-state index is 9.02. The third-order valence-corrected chi connectivity index (χ3v) is 3.02. The van der Waals surface area contributed by atoms with Crippen molar-refractivity contribution >= 4 is 34.6 Å². The molecule has 3 nitrogen and oxygen atoms in total. The molecule has 0 amide bonds. The fourth-order valence-corrected chi connectivity index (χ4v) is 1.95. The van der Waals surface area contributed by atoms with Crippen LogP contribution in [0, 0.1) is 22.7 Å². The first-order valence-corrected chi connectivity index (χ1v) is 6.06. The molecule has 0 aliphatic rings. The summed E-state index contributed by atoms with van der Waals surface area (Å²) in [5, 5.41) is 21.8. The average molecular weight is 288 g/mol. The molecule has 0 heterocycles. The fraction of sp³-hybridized carbons (Fsp3) is 0. The van der Waals surface area contributed by atoms with Crippen molar-refractivity contribution in [3.8, 4) is 12.1 Å². The van der Waals surface area contributed by atoms with Crippen molar-refractivity contribution < 1.29 is 0 Å². The van der Waals surface area contributed by atoms with Crippen molar-refractivity contribution in [3.05, 3.63) is 57.6 Å². The molecule has 0 unspecified atom stereocenters. The van der Waals surface area contributed by atoms with Crippen LogP contribution in [0.15, 0.2) is 36.4 Å². The van der Waals surface area contributed by atoms with Gasteiger partial charge in [0.15, 0.2) is 0 Å². The zero-order chi connectivity index (χ0) is 13.8. The minimum absolute atomic E-state index is 0.355. The average Bonchev–Trinajstić information content (AvgIpc) is 2.39. The summed E-state index contributed by atoms with van der Waals surface area (Å²) in [6.45, 7) is 0. The molecule has 0 atom stereocenters. The molecule has 0 saturated heterocycles. The normalized spacial score (nSPS) is 9.47. The molecule has 1 N–H and O–H groups in total. The number of rotatable bonds is 2. The topological polar surface area (TPSA) is 59.6 Å². The van der Waals surface area contributed by atoms with E-state index in [1.165, 1.54) is 0 Å². The van der Waals surface area contributed by atoms with E-state index in [9.17, 15) is 0 Å². The Hall–Kier alpha value is -2.20. The minimum atomic E-state index is 0.355. The predicted octanol–water partition coefficient (Wildman–Crippen LogP) is 4.48. The Kier molecular flexibility index (Phi) is 3.92. The van der Waals surface area contributed by atoms with Crippen LogP contribution in [0.3, 0.4) is 0 Å². The molecular weight excluding hydrogens is 281 g/mol. The number of hydrogen-bond acceptors (Lipinski definition) is 3. The van der Waals surface area contributed by atoms with Crippen molar-refractivity contribution in [3.63, 3.8) is 0 Å². The molecule has 0 aliphatic carbocycles. The number of hydrogen-bond donors (Lipinski definition) is 1. The second kappa shape index (κ2) is 5.63. The molecule has 2 aromatic carbocycles. The lowest BCUT2D eigenvalue weighted by Crippen LogP contribution is -1.94. The molecule has 0 fully saturated rings.